The van der Waals surface area contributed by atoms with Crippen LogP contribution in [0.5, 0.6) is 0 Å². The molecule has 0 aliphatic heterocycles. The van der Waals surface area contributed by atoms with E-state index in [4.69, 9.17) is 0 Å². The van der Waals surface area contributed by atoms with Gasteiger partial charge < -0.3 is 4.90 Å². The van der Waals surface area contributed by atoms with Gasteiger partial charge in [0.25, 0.3) is 5.56 Å². The quantitative estimate of drug-likeness (QED) is 0.633. The van der Waals surface area contributed by atoms with Crippen molar-refractivity contribution < 1.29 is 18.0 Å². The topological polar surface area (TPSA) is 60.1 Å². The highest BCUT2D eigenvalue weighted by Crippen LogP contribution is 2.36. The van der Waals surface area contributed by atoms with Crippen molar-refractivity contribution in [1.29, 1.82) is 0 Å². The number of aryl methyl sites for hydroxylation is 2. The van der Waals surface area contributed by atoms with Crippen LogP contribution < -0.4 is 5.56 Å². The molecule has 6 nitrogen and oxygen atoms in total. The first-order valence-electron chi connectivity index (χ1n) is 9.63. The summed E-state index contributed by atoms with van der Waals surface area (Å²) in [6.07, 6.45) is -4.73. The van der Waals surface area contributed by atoms with Crippen LogP contribution in [0, 0.1) is 13.8 Å². The Balaban J connectivity index is 2.35. The van der Waals surface area contributed by atoms with E-state index >= 15 is 0 Å². The molecular weight excluding hydrogens is 397 g/mol. The van der Waals surface area contributed by atoms with Gasteiger partial charge in [-0.2, -0.15) is 18.3 Å². The van der Waals surface area contributed by atoms with Gasteiger partial charge in [-0.05, 0) is 39.8 Å². The standard InChI is InChI=1S/C21H23F3N4O2/c1-5-26(6-2)18(30)12-27-17(29)11-16(21(22,23)24)19-14(4)25-28(20(19)27)15-9-7-13(3)8-10-15/h7-11H,5-6,12H2,1-4H3. The van der Waals surface area contributed by atoms with Crippen molar-refractivity contribution in [1.82, 2.24) is 19.2 Å². The Morgan fingerprint density at radius 2 is 1.70 bits per heavy atom. The lowest BCUT2D eigenvalue weighted by Crippen LogP contribution is -2.37. The maximum Gasteiger partial charge on any atom is 0.417 e. The van der Waals surface area contributed by atoms with Crippen molar-refractivity contribution in [2.75, 3.05) is 13.1 Å². The number of aromatic nitrogens is 3. The molecule has 30 heavy (non-hydrogen) atoms. The second-order valence-corrected chi connectivity index (χ2v) is 7.08. The fourth-order valence-electron chi connectivity index (χ4n) is 3.51. The van der Waals surface area contributed by atoms with Gasteiger partial charge in [-0.1, -0.05) is 17.7 Å². The fraction of sp³-hybridized carbons (Fsp3) is 0.381. The molecule has 0 unspecified atom stereocenters. The minimum absolute atomic E-state index is 0.0447. The molecule has 0 bridgehead atoms. The van der Waals surface area contributed by atoms with Gasteiger partial charge >= 0.3 is 6.18 Å². The van der Waals surface area contributed by atoms with Crippen molar-refractivity contribution in [2.24, 2.45) is 0 Å². The Morgan fingerprint density at radius 3 is 2.23 bits per heavy atom. The molecule has 0 spiro atoms. The van der Waals surface area contributed by atoms with E-state index in [1.165, 1.54) is 16.5 Å². The number of amides is 1. The molecule has 2 heterocycles. The summed E-state index contributed by atoms with van der Waals surface area (Å²) >= 11 is 0. The third kappa shape index (κ3) is 3.83. The van der Waals surface area contributed by atoms with Crippen LogP contribution in [0.4, 0.5) is 13.2 Å². The number of alkyl halides is 3. The number of likely N-dealkylation sites (N-methyl/N-ethyl adjacent to an activating group) is 1. The van der Waals surface area contributed by atoms with Gasteiger partial charge in [0.05, 0.1) is 22.3 Å². The third-order valence-electron chi connectivity index (χ3n) is 5.09. The average Bonchev–Trinajstić information content (AvgIpc) is 3.01. The number of hydrogen-bond acceptors (Lipinski definition) is 3. The third-order valence-corrected chi connectivity index (χ3v) is 5.09. The van der Waals surface area contributed by atoms with Crippen molar-refractivity contribution in [3.05, 3.63) is 57.5 Å². The number of nitrogens with zero attached hydrogens (tertiary/aromatic N) is 4. The summed E-state index contributed by atoms with van der Waals surface area (Å²) < 4.78 is 43.5. The molecule has 2 aromatic heterocycles. The summed E-state index contributed by atoms with van der Waals surface area (Å²) in [5, 5.41) is 4.10. The molecule has 0 atom stereocenters. The van der Waals surface area contributed by atoms with Crippen LogP contribution in [0.1, 0.15) is 30.7 Å². The monoisotopic (exact) mass is 420 g/mol. The lowest BCUT2D eigenvalue weighted by atomic mass is 10.1. The largest absolute Gasteiger partial charge is 0.417 e. The smallest absolute Gasteiger partial charge is 0.342 e. The SMILES string of the molecule is CCN(CC)C(=O)Cn1c(=O)cc(C(F)(F)F)c2c(C)nn(-c3ccc(C)cc3)c21. The predicted molar refractivity (Wildman–Crippen MR) is 108 cm³/mol. The van der Waals surface area contributed by atoms with Crippen molar-refractivity contribution in [3.8, 4) is 5.69 Å². The Hall–Kier alpha value is -3.10. The predicted octanol–water partition coefficient (Wildman–Crippen LogP) is 3.69. The summed E-state index contributed by atoms with van der Waals surface area (Å²) in [5.41, 5.74) is -0.398. The van der Waals surface area contributed by atoms with E-state index in [1.807, 2.05) is 6.92 Å². The Bertz CT molecular complexity index is 1140. The molecule has 0 saturated heterocycles. The van der Waals surface area contributed by atoms with Crippen LogP contribution in [0.2, 0.25) is 0 Å². The molecule has 0 fully saturated rings. The van der Waals surface area contributed by atoms with E-state index in [9.17, 15) is 22.8 Å². The zero-order valence-electron chi connectivity index (χ0n) is 17.2. The van der Waals surface area contributed by atoms with Gasteiger partial charge in [0.1, 0.15) is 12.2 Å². The molecule has 0 radical (unpaired) electrons. The number of carbonyl (C=O) groups is 1. The van der Waals surface area contributed by atoms with Crippen molar-refractivity contribution in [3.63, 3.8) is 0 Å². The molecule has 0 saturated carbocycles. The molecular formula is C21H23F3N4O2. The Labute approximate surface area is 171 Å². The van der Waals surface area contributed by atoms with E-state index < -0.39 is 17.3 Å². The van der Waals surface area contributed by atoms with E-state index in [2.05, 4.69) is 5.10 Å². The number of carbonyl (C=O) groups excluding carboxylic acids is 1. The van der Waals surface area contributed by atoms with Crippen LogP contribution in [0.3, 0.4) is 0 Å². The van der Waals surface area contributed by atoms with Crippen molar-refractivity contribution in [2.45, 2.75) is 40.4 Å². The minimum Gasteiger partial charge on any atom is -0.342 e. The van der Waals surface area contributed by atoms with E-state index in [0.29, 0.717) is 24.8 Å². The van der Waals surface area contributed by atoms with Gasteiger partial charge in [0.15, 0.2) is 0 Å². The van der Waals surface area contributed by atoms with Crippen LogP contribution in [0.25, 0.3) is 16.7 Å². The number of benzene rings is 1. The van der Waals surface area contributed by atoms with Gasteiger partial charge in [-0.3, -0.25) is 14.2 Å². The molecule has 0 N–H and O–H groups in total. The minimum atomic E-state index is -4.73. The Kier molecular flexibility index (Phi) is 5.74. The molecule has 3 rings (SSSR count). The highest BCUT2D eigenvalue weighted by Gasteiger charge is 2.36. The fourth-order valence-corrected chi connectivity index (χ4v) is 3.51. The average molecular weight is 420 g/mol. The number of fused-ring (bicyclic) bond motifs is 1. The highest BCUT2D eigenvalue weighted by atomic mass is 19.4. The summed E-state index contributed by atoms with van der Waals surface area (Å²) in [5.74, 6) is -0.350. The van der Waals surface area contributed by atoms with Gasteiger partial charge in [-0.25, -0.2) is 4.68 Å². The van der Waals surface area contributed by atoms with Gasteiger partial charge in [-0.15, -0.1) is 0 Å². The van der Waals surface area contributed by atoms with Crippen LogP contribution in [0.15, 0.2) is 35.1 Å². The second-order valence-electron chi connectivity index (χ2n) is 7.08. The first-order valence-corrected chi connectivity index (χ1v) is 9.63. The van der Waals surface area contributed by atoms with E-state index in [0.717, 1.165) is 10.1 Å². The van der Waals surface area contributed by atoms with E-state index in [-0.39, 0.29) is 29.2 Å². The molecule has 1 aromatic carbocycles. The number of rotatable bonds is 5. The van der Waals surface area contributed by atoms with Gasteiger partial charge in [0, 0.05) is 19.2 Å². The summed E-state index contributed by atoms with van der Waals surface area (Å²) in [6.45, 7) is 7.45. The molecule has 0 aliphatic carbocycles. The molecule has 1 amide bonds. The van der Waals surface area contributed by atoms with E-state index in [1.54, 1.807) is 38.1 Å². The van der Waals surface area contributed by atoms with Crippen molar-refractivity contribution >= 4 is 16.9 Å². The number of hydrogen-bond donors (Lipinski definition) is 0. The number of pyridine rings is 1. The van der Waals surface area contributed by atoms with Gasteiger partial charge in [0.2, 0.25) is 5.91 Å². The van der Waals surface area contributed by atoms with Crippen LogP contribution in [-0.2, 0) is 17.5 Å². The molecule has 0 aliphatic rings. The first-order chi connectivity index (χ1) is 14.1. The second kappa shape index (κ2) is 7.97. The van der Waals surface area contributed by atoms with Crippen LogP contribution >= 0.6 is 0 Å². The maximum atomic E-state index is 13.7. The zero-order chi connectivity index (χ0) is 22.2. The maximum absolute atomic E-state index is 13.7. The lowest BCUT2D eigenvalue weighted by molar-refractivity contribution is -0.136. The molecule has 9 heteroatoms. The number of halogens is 3. The lowest BCUT2D eigenvalue weighted by Gasteiger charge is -2.20. The summed E-state index contributed by atoms with van der Waals surface area (Å²) in [7, 11) is 0. The summed E-state index contributed by atoms with van der Waals surface area (Å²) in [6, 6.07) is 7.57. The normalized spacial score (nSPS) is 11.8. The highest BCUT2D eigenvalue weighted by molar-refractivity contribution is 5.86. The molecule has 160 valence electrons. The first kappa shape index (κ1) is 21.6. The molecule has 3 aromatic rings. The Morgan fingerprint density at radius 1 is 1.10 bits per heavy atom. The van der Waals surface area contributed by atoms with Crippen LogP contribution in [-0.4, -0.2) is 38.2 Å². The summed E-state index contributed by atoms with van der Waals surface area (Å²) in [4.78, 5) is 26.9. The zero-order valence-corrected chi connectivity index (χ0v) is 17.2.